The highest BCUT2D eigenvalue weighted by atomic mass is 32.2. The van der Waals surface area contributed by atoms with E-state index in [1.54, 1.807) is 6.07 Å². The Hall–Kier alpha value is -1.14. The smallest absolute Gasteiger partial charge is 0.264 e. The molecule has 2 rings (SSSR count). The molecule has 1 aliphatic rings. The van der Waals surface area contributed by atoms with Gasteiger partial charge in [-0.25, -0.2) is 4.39 Å². The van der Waals surface area contributed by atoms with Crippen LogP contribution in [0.4, 0.5) is 10.1 Å². The number of nitrogens with zero attached hydrogens (tertiary/aromatic N) is 1. The molecule has 1 N–H and O–H groups in total. The largest absolute Gasteiger partial charge is 0.371 e. The number of anilines is 1. The van der Waals surface area contributed by atoms with Crippen LogP contribution in [0.2, 0.25) is 0 Å². The van der Waals surface area contributed by atoms with Crippen molar-refractivity contribution in [1.82, 2.24) is 0 Å². The first-order chi connectivity index (χ1) is 8.46. The Labute approximate surface area is 106 Å². The second kappa shape index (κ2) is 5.24. The summed E-state index contributed by atoms with van der Waals surface area (Å²) >= 11 is 0. The van der Waals surface area contributed by atoms with E-state index in [0.717, 1.165) is 30.6 Å². The summed E-state index contributed by atoms with van der Waals surface area (Å²) in [6.45, 7) is 1.39. The maximum absolute atomic E-state index is 13.1. The molecular weight excluding hydrogens is 257 g/mol. The fraction of sp³-hybridized carbons (Fsp3) is 0.500. The minimum Gasteiger partial charge on any atom is -0.371 e. The van der Waals surface area contributed by atoms with E-state index in [1.165, 1.54) is 12.1 Å². The summed E-state index contributed by atoms with van der Waals surface area (Å²) in [6.07, 6.45) is 2.15. The molecule has 1 aromatic carbocycles. The molecule has 1 aliphatic heterocycles. The molecule has 0 spiro atoms. The van der Waals surface area contributed by atoms with Crippen LogP contribution in [0.1, 0.15) is 18.4 Å². The van der Waals surface area contributed by atoms with E-state index in [2.05, 4.69) is 0 Å². The predicted molar refractivity (Wildman–Crippen MR) is 68.0 cm³/mol. The topological polar surface area (TPSA) is 57.6 Å². The highest BCUT2D eigenvalue weighted by Crippen LogP contribution is 2.27. The third-order valence-corrected chi connectivity index (χ3v) is 3.89. The Bertz CT molecular complexity index is 530. The second-order valence-corrected chi connectivity index (χ2v) is 6.08. The van der Waals surface area contributed by atoms with Crippen molar-refractivity contribution in [2.75, 3.05) is 23.7 Å². The van der Waals surface area contributed by atoms with Gasteiger partial charge in [0.25, 0.3) is 10.1 Å². The average molecular weight is 273 g/mol. The fourth-order valence-corrected chi connectivity index (χ4v) is 2.81. The van der Waals surface area contributed by atoms with E-state index in [-0.39, 0.29) is 11.6 Å². The zero-order valence-corrected chi connectivity index (χ0v) is 10.8. The molecular formula is C12H16FNO3S. The number of hydrogen-bond acceptors (Lipinski definition) is 3. The Morgan fingerprint density at radius 2 is 2.17 bits per heavy atom. The van der Waals surface area contributed by atoms with Gasteiger partial charge in [-0.1, -0.05) is 0 Å². The molecule has 0 atom stereocenters. The maximum atomic E-state index is 13.1. The first-order valence-electron chi connectivity index (χ1n) is 5.94. The molecule has 100 valence electrons. The van der Waals surface area contributed by atoms with Gasteiger partial charge >= 0.3 is 0 Å². The van der Waals surface area contributed by atoms with Crippen molar-refractivity contribution in [3.63, 3.8) is 0 Å². The molecule has 0 unspecified atom stereocenters. The van der Waals surface area contributed by atoms with Crippen LogP contribution >= 0.6 is 0 Å². The normalized spacial score (nSPS) is 15.6. The Balaban J connectivity index is 2.04. The molecule has 0 saturated heterocycles. The van der Waals surface area contributed by atoms with Gasteiger partial charge in [0.05, 0.1) is 5.75 Å². The van der Waals surface area contributed by atoms with E-state index >= 15 is 0 Å². The molecule has 0 bridgehead atoms. The summed E-state index contributed by atoms with van der Waals surface area (Å²) in [4.78, 5) is 2.05. The van der Waals surface area contributed by atoms with Crippen LogP contribution in [0.5, 0.6) is 0 Å². The zero-order valence-electron chi connectivity index (χ0n) is 9.97. The van der Waals surface area contributed by atoms with E-state index in [9.17, 15) is 12.8 Å². The summed E-state index contributed by atoms with van der Waals surface area (Å²) in [5.41, 5.74) is 1.94. The first-order valence-corrected chi connectivity index (χ1v) is 7.55. The van der Waals surface area contributed by atoms with Gasteiger partial charge in [0, 0.05) is 18.8 Å². The predicted octanol–water partition coefficient (Wildman–Crippen LogP) is 1.86. The molecule has 0 aliphatic carbocycles. The lowest BCUT2D eigenvalue weighted by Gasteiger charge is -2.31. The van der Waals surface area contributed by atoms with Crippen LogP contribution in [-0.4, -0.2) is 31.8 Å². The summed E-state index contributed by atoms with van der Waals surface area (Å²) in [7, 11) is -3.90. The fourth-order valence-electron chi connectivity index (χ4n) is 2.31. The van der Waals surface area contributed by atoms with Gasteiger partial charge in [-0.15, -0.1) is 0 Å². The van der Waals surface area contributed by atoms with Crippen molar-refractivity contribution >= 4 is 15.8 Å². The number of aryl methyl sites for hydroxylation is 1. The SMILES string of the molecule is O=S(=O)(O)CCCN1CCCc2cc(F)ccc21. The molecule has 0 aromatic heterocycles. The standard InChI is InChI=1S/C12H16FNO3S/c13-11-4-5-12-10(9-11)3-1-6-14(12)7-2-8-18(15,16)17/h4-5,9H,1-3,6-8H2,(H,15,16,17). The summed E-state index contributed by atoms with van der Waals surface area (Å²) in [5.74, 6) is -0.478. The molecule has 0 saturated carbocycles. The molecule has 1 heterocycles. The Kier molecular flexibility index (Phi) is 3.87. The van der Waals surface area contributed by atoms with Crippen molar-refractivity contribution in [2.45, 2.75) is 19.3 Å². The molecule has 0 fully saturated rings. The van der Waals surface area contributed by atoms with Gasteiger partial charge in [0.1, 0.15) is 5.82 Å². The van der Waals surface area contributed by atoms with Crippen molar-refractivity contribution in [2.24, 2.45) is 0 Å². The lowest BCUT2D eigenvalue weighted by atomic mass is 10.0. The van der Waals surface area contributed by atoms with Crippen LogP contribution in [0, 0.1) is 5.82 Å². The van der Waals surface area contributed by atoms with E-state index in [4.69, 9.17) is 4.55 Å². The van der Waals surface area contributed by atoms with Crippen LogP contribution in [0.25, 0.3) is 0 Å². The minimum atomic E-state index is -3.90. The molecule has 4 nitrogen and oxygen atoms in total. The number of rotatable bonds is 4. The molecule has 0 amide bonds. The first kappa shape index (κ1) is 13.3. The van der Waals surface area contributed by atoms with Crippen molar-refractivity contribution in [3.05, 3.63) is 29.6 Å². The van der Waals surface area contributed by atoms with Gasteiger partial charge in [0.15, 0.2) is 0 Å². The second-order valence-electron chi connectivity index (χ2n) is 4.50. The van der Waals surface area contributed by atoms with Gasteiger partial charge < -0.3 is 4.90 Å². The third-order valence-electron chi connectivity index (χ3n) is 3.09. The highest BCUT2D eigenvalue weighted by Gasteiger charge is 2.17. The average Bonchev–Trinajstić information content (AvgIpc) is 2.27. The van der Waals surface area contributed by atoms with Crippen molar-refractivity contribution < 1.29 is 17.4 Å². The van der Waals surface area contributed by atoms with Gasteiger partial charge in [-0.3, -0.25) is 4.55 Å². The number of fused-ring (bicyclic) bond motifs is 1. The van der Waals surface area contributed by atoms with Crippen LogP contribution in [-0.2, 0) is 16.5 Å². The van der Waals surface area contributed by atoms with Crippen molar-refractivity contribution in [1.29, 1.82) is 0 Å². The van der Waals surface area contributed by atoms with Gasteiger partial charge in [0.2, 0.25) is 0 Å². The number of halogens is 1. The highest BCUT2D eigenvalue weighted by molar-refractivity contribution is 7.85. The maximum Gasteiger partial charge on any atom is 0.264 e. The summed E-state index contributed by atoms with van der Waals surface area (Å²) in [5, 5.41) is 0. The molecule has 18 heavy (non-hydrogen) atoms. The van der Waals surface area contributed by atoms with Crippen LogP contribution in [0.3, 0.4) is 0 Å². The van der Waals surface area contributed by atoms with Crippen molar-refractivity contribution in [3.8, 4) is 0 Å². The zero-order chi connectivity index (χ0) is 13.2. The summed E-state index contributed by atoms with van der Waals surface area (Å²) in [6, 6.07) is 4.68. The van der Waals surface area contributed by atoms with Crippen LogP contribution in [0.15, 0.2) is 18.2 Å². The monoisotopic (exact) mass is 273 g/mol. The van der Waals surface area contributed by atoms with E-state index < -0.39 is 10.1 Å². The quantitative estimate of drug-likeness (QED) is 0.851. The lowest BCUT2D eigenvalue weighted by molar-refractivity contribution is 0.480. The summed E-state index contributed by atoms with van der Waals surface area (Å²) < 4.78 is 43.1. The molecule has 1 aromatic rings. The van der Waals surface area contributed by atoms with E-state index in [1.807, 2.05) is 4.90 Å². The molecule has 6 heteroatoms. The van der Waals surface area contributed by atoms with E-state index in [0.29, 0.717) is 13.0 Å². The van der Waals surface area contributed by atoms with Gasteiger partial charge in [-0.2, -0.15) is 8.42 Å². The minimum absolute atomic E-state index is 0.236. The molecule has 0 radical (unpaired) electrons. The Morgan fingerprint density at radius 1 is 1.39 bits per heavy atom. The Morgan fingerprint density at radius 3 is 2.89 bits per heavy atom. The number of hydrogen-bond donors (Lipinski definition) is 1. The van der Waals surface area contributed by atoms with Crippen LogP contribution < -0.4 is 4.90 Å². The lowest BCUT2D eigenvalue weighted by Crippen LogP contribution is -2.31. The number of benzene rings is 1. The third kappa shape index (κ3) is 3.43. The van der Waals surface area contributed by atoms with Gasteiger partial charge in [-0.05, 0) is 43.0 Å².